The van der Waals surface area contributed by atoms with E-state index in [1.54, 1.807) is 0 Å². The highest BCUT2D eigenvalue weighted by molar-refractivity contribution is 7.71. The van der Waals surface area contributed by atoms with Crippen LogP contribution in [-0.4, -0.2) is 27.2 Å². The van der Waals surface area contributed by atoms with Gasteiger partial charge < -0.3 is 9.80 Å². The summed E-state index contributed by atoms with van der Waals surface area (Å²) in [4.78, 5) is 15.8. The molecule has 0 atom stereocenters. The van der Waals surface area contributed by atoms with Crippen LogP contribution in [-0.2, 0) is 0 Å². The third kappa shape index (κ3) is 2.86. The molecule has 0 N–H and O–H groups in total. The molecule has 0 fully saturated rings. The van der Waals surface area contributed by atoms with Crippen LogP contribution < -0.4 is 15.2 Å². The van der Waals surface area contributed by atoms with E-state index in [1.165, 1.54) is 12.8 Å². The Labute approximate surface area is 109 Å². The Kier molecular flexibility index (Phi) is 5.12. The Hall–Kier alpha value is -0.900. The summed E-state index contributed by atoms with van der Waals surface area (Å²) >= 11 is 5.15. The van der Waals surface area contributed by atoms with Gasteiger partial charge in [0.15, 0.2) is 0 Å². The van der Waals surface area contributed by atoms with Gasteiger partial charge in [-0.2, -0.15) is 0 Å². The van der Waals surface area contributed by atoms with Gasteiger partial charge in [-0.25, -0.2) is 0 Å². The molecular formula is C13H22N2OS. The van der Waals surface area contributed by atoms with E-state index in [4.69, 9.17) is 12.2 Å². The molecule has 1 aromatic rings. The molecule has 0 saturated heterocycles. The second kappa shape index (κ2) is 6.15. The summed E-state index contributed by atoms with van der Waals surface area (Å²) in [6.07, 6.45) is 3.58. The van der Waals surface area contributed by atoms with Crippen molar-refractivity contribution < 1.29 is 0 Å². The van der Waals surface area contributed by atoms with Crippen LogP contribution in [0.4, 0.5) is 11.4 Å². The summed E-state index contributed by atoms with van der Waals surface area (Å²) < 4.78 is 0.499. The Morgan fingerprint density at radius 1 is 1.06 bits per heavy atom. The molecular weight excluding hydrogens is 232 g/mol. The van der Waals surface area contributed by atoms with Gasteiger partial charge in [0, 0.05) is 27.2 Å². The van der Waals surface area contributed by atoms with Crippen LogP contribution in [0.2, 0.25) is 0 Å². The van der Waals surface area contributed by atoms with Crippen molar-refractivity contribution in [2.75, 3.05) is 37.0 Å². The highest BCUT2D eigenvalue weighted by Gasteiger charge is 2.23. The van der Waals surface area contributed by atoms with E-state index in [-0.39, 0.29) is 5.43 Å². The fraction of sp³-hybridized carbons (Fsp3) is 0.692. The first-order valence-electron chi connectivity index (χ1n) is 6.30. The predicted octanol–water partition coefficient (Wildman–Crippen LogP) is 2.73. The number of hydrogen-bond acceptors (Lipinski definition) is 4. The van der Waals surface area contributed by atoms with E-state index in [9.17, 15) is 4.79 Å². The lowest BCUT2D eigenvalue weighted by Crippen LogP contribution is -2.33. The lowest BCUT2D eigenvalue weighted by molar-refractivity contribution is 0.703. The molecule has 0 amide bonds. The van der Waals surface area contributed by atoms with Crippen LogP contribution in [0.1, 0.15) is 33.1 Å². The Balaban J connectivity index is 2.80. The molecule has 3 nitrogen and oxygen atoms in total. The predicted molar refractivity (Wildman–Crippen MR) is 77.7 cm³/mol. The highest BCUT2D eigenvalue weighted by atomic mass is 32.1. The molecule has 0 heterocycles. The minimum atomic E-state index is 0.0293. The van der Waals surface area contributed by atoms with Gasteiger partial charge in [-0.3, -0.25) is 4.79 Å². The van der Waals surface area contributed by atoms with Crippen molar-refractivity contribution in [2.45, 2.75) is 33.1 Å². The van der Waals surface area contributed by atoms with E-state index in [0.29, 0.717) is 4.51 Å². The van der Waals surface area contributed by atoms with E-state index >= 15 is 0 Å². The maximum atomic E-state index is 11.7. The van der Waals surface area contributed by atoms with Gasteiger partial charge in [0.25, 0.3) is 0 Å². The molecule has 0 aromatic heterocycles. The van der Waals surface area contributed by atoms with E-state index in [2.05, 4.69) is 11.8 Å². The van der Waals surface area contributed by atoms with E-state index in [1.807, 2.05) is 25.9 Å². The second-order valence-electron chi connectivity index (χ2n) is 4.50. The van der Waals surface area contributed by atoms with Gasteiger partial charge in [0.1, 0.15) is 10.2 Å². The highest BCUT2D eigenvalue weighted by Crippen LogP contribution is 2.29. The molecule has 17 heavy (non-hydrogen) atoms. The Morgan fingerprint density at radius 2 is 1.71 bits per heavy atom. The van der Waals surface area contributed by atoms with Crippen molar-refractivity contribution in [1.29, 1.82) is 0 Å². The fourth-order valence-electron chi connectivity index (χ4n) is 1.94. The maximum Gasteiger partial charge on any atom is 0.224 e. The molecule has 4 heteroatoms. The fourth-order valence-corrected chi connectivity index (χ4v) is 2.29. The van der Waals surface area contributed by atoms with Gasteiger partial charge in [0.05, 0.1) is 5.69 Å². The monoisotopic (exact) mass is 254 g/mol. The molecule has 0 saturated carbocycles. The van der Waals surface area contributed by atoms with Gasteiger partial charge >= 0.3 is 0 Å². The molecule has 0 bridgehead atoms. The molecule has 1 rings (SSSR count). The smallest absolute Gasteiger partial charge is 0.224 e. The summed E-state index contributed by atoms with van der Waals surface area (Å²) in [5.41, 5.74) is 1.78. The summed E-state index contributed by atoms with van der Waals surface area (Å²) in [5, 5.41) is 0. The van der Waals surface area contributed by atoms with Crippen molar-refractivity contribution in [2.24, 2.45) is 0 Å². The molecule has 1 aromatic carbocycles. The van der Waals surface area contributed by atoms with Crippen LogP contribution in [0.25, 0.3) is 0 Å². The van der Waals surface area contributed by atoms with E-state index in [0.717, 1.165) is 30.9 Å². The third-order valence-corrected chi connectivity index (χ3v) is 3.57. The minimum absolute atomic E-state index is 0.0293. The first-order chi connectivity index (χ1) is 8.04. The Morgan fingerprint density at radius 3 is 2.24 bits per heavy atom. The summed E-state index contributed by atoms with van der Waals surface area (Å²) in [5.74, 6) is 0. The van der Waals surface area contributed by atoms with Crippen molar-refractivity contribution in [1.82, 2.24) is 0 Å². The summed E-state index contributed by atoms with van der Waals surface area (Å²) in [7, 11) is 3.96. The number of nitrogens with zero attached hydrogens (tertiary/aromatic N) is 2. The molecule has 0 aliphatic carbocycles. The first kappa shape index (κ1) is 14.2. The molecule has 96 valence electrons. The first-order valence-corrected chi connectivity index (χ1v) is 6.70. The zero-order valence-electron chi connectivity index (χ0n) is 11.2. The zero-order valence-corrected chi connectivity index (χ0v) is 12.1. The number of anilines is 2. The minimum Gasteiger partial charge on any atom is -0.372 e. The summed E-state index contributed by atoms with van der Waals surface area (Å²) in [6, 6.07) is 0. The molecule has 0 aliphatic rings. The van der Waals surface area contributed by atoms with Crippen LogP contribution in [0, 0.1) is 4.51 Å². The largest absolute Gasteiger partial charge is 0.372 e. The van der Waals surface area contributed by atoms with Crippen LogP contribution in [0.15, 0.2) is 4.79 Å². The van der Waals surface area contributed by atoms with E-state index < -0.39 is 0 Å². The second-order valence-corrected chi connectivity index (χ2v) is 4.91. The topological polar surface area (TPSA) is 23.6 Å². The van der Waals surface area contributed by atoms with Gasteiger partial charge in [-0.1, -0.05) is 32.0 Å². The normalized spacial score (nSPS) is 10.8. The van der Waals surface area contributed by atoms with Gasteiger partial charge in [-0.15, -0.1) is 0 Å². The zero-order chi connectivity index (χ0) is 13.0. The standard InChI is InChI=1S/C13H22N2OS/c1-5-7-8-9-15(4)11-10(14(3)6-2)12(16)13(11)17/h5-9H2,1-4H3. The Bertz CT molecular complexity index is 435. The number of unbranched alkanes of at least 4 members (excludes halogenated alkanes) is 2. The van der Waals surface area contributed by atoms with Crippen molar-refractivity contribution in [3.05, 3.63) is 14.7 Å². The molecule has 0 radical (unpaired) electrons. The van der Waals surface area contributed by atoms with Gasteiger partial charge in [0.2, 0.25) is 5.43 Å². The SMILES string of the molecule is CCCCCN(C)c1c(N(C)CC)c(=O)c1=S. The van der Waals surface area contributed by atoms with Crippen molar-refractivity contribution in [3.63, 3.8) is 0 Å². The van der Waals surface area contributed by atoms with Crippen LogP contribution in [0.3, 0.4) is 0 Å². The average Bonchev–Trinajstić information content (AvgIpc) is 2.33. The van der Waals surface area contributed by atoms with Crippen molar-refractivity contribution >= 4 is 23.6 Å². The van der Waals surface area contributed by atoms with Crippen molar-refractivity contribution in [3.8, 4) is 0 Å². The lowest BCUT2D eigenvalue weighted by atomic mass is 10.1. The van der Waals surface area contributed by atoms with Crippen LogP contribution in [0.5, 0.6) is 0 Å². The molecule has 0 unspecified atom stereocenters. The maximum absolute atomic E-state index is 11.7. The number of rotatable bonds is 7. The van der Waals surface area contributed by atoms with Gasteiger partial charge in [-0.05, 0) is 13.3 Å². The average molecular weight is 254 g/mol. The lowest BCUT2D eigenvalue weighted by Gasteiger charge is -2.29. The molecule has 0 aliphatic heterocycles. The third-order valence-electron chi connectivity index (χ3n) is 3.20. The number of hydrogen-bond donors (Lipinski definition) is 0. The quantitative estimate of drug-likeness (QED) is 0.551. The van der Waals surface area contributed by atoms with Crippen LogP contribution >= 0.6 is 12.2 Å². The summed E-state index contributed by atoms with van der Waals surface area (Å²) in [6.45, 7) is 6.02. The molecule has 0 spiro atoms.